The molecule has 4 heterocycles. The molecule has 204 valence electrons. The summed E-state index contributed by atoms with van der Waals surface area (Å²) in [4.78, 5) is 6.43. The zero-order valence-electron chi connectivity index (χ0n) is 21.8. The molecule has 0 unspecified atom stereocenters. The summed E-state index contributed by atoms with van der Waals surface area (Å²) in [7, 11) is 0. The van der Waals surface area contributed by atoms with Gasteiger partial charge in [0, 0.05) is 23.3 Å². The topological polar surface area (TPSA) is 85.8 Å². The maximum absolute atomic E-state index is 14.6. The Hall–Kier alpha value is -3.31. The molecule has 0 bridgehead atoms. The van der Waals surface area contributed by atoms with Crippen molar-refractivity contribution in [1.29, 1.82) is 0 Å². The van der Waals surface area contributed by atoms with E-state index in [9.17, 15) is 13.2 Å². The molecule has 0 spiro atoms. The number of nitrogens with zero attached hydrogens (tertiary/aromatic N) is 7. The minimum atomic E-state index is -2.91. The molecule has 0 aliphatic carbocycles. The van der Waals surface area contributed by atoms with Crippen molar-refractivity contribution in [3.63, 3.8) is 0 Å². The van der Waals surface area contributed by atoms with E-state index < -0.39 is 18.1 Å². The highest BCUT2D eigenvalue weighted by atomic mass is 35.5. The predicted octanol–water partition coefficient (Wildman–Crippen LogP) is 6.82. The lowest BCUT2D eigenvalue weighted by atomic mass is 10.1. The average molecular weight is 550 g/mol. The van der Waals surface area contributed by atoms with Crippen LogP contribution in [0, 0.1) is 5.82 Å². The second kappa shape index (κ2) is 14.0. The normalized spacial score (nSPS) is 13.2. The van der Waals surface area contributed by atoms with E-state index in [1.807, 2.05) is 45.9 Å². The van der Waals surface area contributed by atoms with Crippen LogP contribution in [0.3, 0.4) is 0 Å². The molecule has 0 saturated carbocycles. The van der Waals surface area contributed by atoms with Crippen LogP contribution in [0.2, 0.25) is 5.02 Å². The first-order chi connectivity index (χ1) is 18.5. The van der Waals surface area contributed by atoms with Crippen molar-refractivity contribution in [2.75, 3.05) is 13.1 Å². The molecule has 0 amide bonds. The van der Waals surface area contributed by atoms with Crippen LogP contribution in [0.25, 0.3) is 22.7 Å². The van der Waals surface area contributed by atoms with Crippen LogP contribution in [0.5, 0.6) is 0 Å². The van der Waals surface area contributed by atoms with E-state index in [0.717, 1.165) is 36.8 Å². The van der Waals surface area contributed by atoms with Gasteiger partial charge in [-0.05, 0) is 43.6 Å². The Balaban J connectivity index is 0.000000956. The fourth-order valence-corrected chi connectivity index (χ4v) is 4.06. The second-order valence-corrected chi connectivity index (χ2v) is 8.40. The van der Waals surface area contributed by atoms with Gasteiger partial charge in [0.25, 0.3) is 5.89 Å². The van der Waals surface area contributed by atoms with Gasteiger partial charge < -0.3 is 4.42 Å². The zero-order valence-corrected chi connectivity index (χ0v) is 22.6. The average Bonchev–Trinajstić information content (AvgIpc) is 3.71. The first-order valence-corrected chi connectivity index (χ1v) is 13.0. The number of benzene rings is 1. The van der Waals surface area contributed by atoms with Crippen LogP contribution in [0.1, 0.15) is 64.1 Å². The lowest BCUT2D eigenvalue weighted by Gasteiger charge is -2.15. The van der Waals surface area contributed by atoms with Crippen molar-refractivity contribution in [3.05, 3.63) is 64.6 Å². The minimum Gasteiger partial charge on any atom is -0.415 e. The number of likely N-dealkylation sites (tertiary alicyclic amines) is 1. The van der Waals surface area contributed by atoms with Gasteiger partial charge in [-0.15, -0.1) is 15.3 Å². The van der Waals surface area contributed by atoms with Gasteiger partial charge in [0.05, 0.1) is 24.0 Å². The summed E-state index contributed by atoms with van der Waals surface area (Å²) in [6.45, 7) is 11.0. The highest BCUT2D eigenvalue weighted by molar-refractivity contribution is 6.31. The maximum atomic E-state index is 14.6. The van der Waals surface area contributed by atoms with Gasteiger partial charge in [0.15, 0.2) is 0 Å². The van der Waals surface area contributed by atoms with Crippen molar-refractivity contribution in [2.24, 2.45) is 0 Å². The summed E-state index contributed by atoms with van der Waals surface area (Å²) in [5.74, 6) is -1.74. The highest BCUT2D eigenvalue weighted by Gasteiger charge is 2.19. The van der Waals surface area contributed by atoms with E-state index in [2.05, 4.69) is 30.4 Å². The highest BCUT2D eigenvalue weighted by Crippen LogP contribution is 2.27. The van der Waals surface area contributed by atoms with Gasteiger partial charge in [-0.3, -0.25) is 9.88 Å². The molecule has 1 aromatic carbocycles. The fourth-order valence-electron chi connectivity index (χ4n) is 3.82. The second-order valence-electron chi connectivity index (χ2n) is 7.99. The van der Waals surface area contributed by atoms with Gasteiger partial charge in [0.2, 0.25) is 5.89 Å². The van der Waals surface area contributed by atoms with E-state index in [4.69, 9.17) is 16.0 Å². The first-order valence-electron chi connectivity index (χ1n) is 12.6. The Kier molecular flexibility index (Phi) is 10.8. The molecule has 5 rings (SSSR count). The van der Waals surface area contributed by atoms with Crippen molar-refractivity contribution in [2.45, 2.75) is 60.1 Å². The van der Waals surface area contributed by atoms with Crippen LogP contribution in [0.15, 0.2) is 41.1 Å². The number of pyridine rings is 1. The van der Waals surface area contributed by atoms with Crippen molar-refractivity contribution in [1.82, 2.24) is 35.1 Å². The Labute approximate surface area is 224 Å². The van der Waals surface area contributed by atoms with Gasteiger partial charge >= 0.3 is 6.43 Å². The number of halogens is 4. The first kappa shape index (κ1) is 29.2. The van der Waals surface area contributed by atoms with Crippen molar-refractivity contribution >= 4 is 11.6 Å². The van der Waals surface area contributed by atoms with Gasteiger partial charge in [-0.25, -0.2) is 9.07 Å². The SMILES string of the molecule is CC.CC.Fc1cc(-c2nnc(C(F)F)o2)cnc1Cn1cc(-c2ccc(CN3CCCC3)c(Cl)c2)nn1. The smallest absolute Gasteiger partial charge is 0.314 e. The lowest BCUT2D eigenvalue weighted by Crippen LogP contribution is -2.18. The quantitative estimate of drug-likeness (QED) is 0.250. The van der Waals surface area contributed by atoms with E-state index in [0.29, 0.717) is 10.7 Å². The molecule has 0 N–H and O–H groups in total. The van der Waals surface area contributed by atoms with Gasteiger partial charge in [-0.1, -0.05) is 56.6 Å². The third-order valence-corrected chi connectivity index (χ3v) is 5.94. The molecule has 1 saturated heterocycles. The number of rotatable bonds is 7. The van der Waals surface area contributed by atoms with Gasteiger partial charge in [-0.2, -0.15) is 8.78 Å². The summed E-state index contributed by atoms with van der Waals surface area (Å²) in [6, 6.07) is 6.89. The van der Waals surface area contributed by atoms with E-state index >= 15 is 0 Å². The Morgan fingerprint density at radius 3 is 2.34 bits per heavy atom. The summed E-state index contributed by atoms with van der Waals surface area (Å²) in [5.41, 5.74) is 2.65. The molecule has 0 radical (unpaired) electrons. The molecule has 1 aliphatic heterocycles. The monoisotopic (exact) mass is 549 g/mol. The molecule has 8 nitrogen and oxygen atoms in total. The standard InChI is InChI=1S/C22H19ClF3N7O.2C2H6/c23-16-7-13(3-4-14(16)10-32-5-1-2-6-32)18-11-33(31-28-18)12-19-17(24)8-15(9-27-19)21-29-30-22(34-21)20(25)26;2*1-2/h3-4,7-9,11,20H,1-2,5-6,10,12H2;2*1-2H3. The van der Waals surface area contributed by atoms with E-state index in [-0.39, 0.29) is 23.7 Å². The Morgan fingerprint density at radius 1 is 0.974 bits per heavy atom. The predicted molar refractivity (Wildman–Crippen MR) is 139 cm³/mol. The molecule has 3 aromatic heterocycles. The third-order valence-electron chi connectivity index (χ3n) is 5.58. The van der Waals surface area contributed by atoms with Gasteiger partial charge in [0.1, 0.15) is 11.5 Å². The summed E-state index contributed by atoms with van der Waals surface area (Å²) >= 11 is 6.50. The van der Waals surface area contributed by atoms with Crippen LogP contribution < -0.4 is 0 Å². The fraction of sp³-hybridized carbons (Fsp3) is 0.423. The van der Waals surface area contributed by atoms with Crippen LogP contribution in [0.4, 0.5) is 13.2 Å². The number of aromatic nitrogens is 6. The zero-order chi connectivity index (χ0) is 27.7. The van der Waals surface area contributed by atoms with E-state index in [1.54, 1.807) is 6.20 Å². The summed E-state index contributed by atoms with van der Waals surface area (Å²) in [6.07, 6.45) is 2.48. The Morgan fingerprint density at radius 2 is 1.71 bits per heavy atom. The van der Waals surface area contributed by atoms with Crippen LogP contribution >= 0.6 is 11.6 Å². The molecule has 12 heteroatoms. The lowest BCUT2D eigenvalue weighted by molar-refractivity contribution is 0.116. The number of hydrogen-bond acceptors (Lipinski definition) is 7. The van der Waals surface area contributed by atoms with Crippen molar-refractivity contribution in [3.8, 4) is 22.7 Å². The molecular weight excluding hydrogens is 519 g/mol. The molecule has 1 fully saturated rings. The van der Waals surface area contributed by atoms with Crippen LogP contribution in [-0.4, -0.2) is 48.2 Å². The van der Waals surface area contributed by atoms with E-state index in [1.165, 1.54) is 23.7 Å². The summed E-state index contributed by atoms with van der Waals surface area (Å²) in [5, 5.41) is 15.6. The Bertz CT molecular complexity index is 1310. The molecule has 4 aromatic rings. The molecular formula is C26H31ClF3N7O. The molecule has 0 atom stereocenters. The van der Waals surface area contributed by atoms with Crippen molar-refractivity contribution < 1.29 is 17.6 Å². The third kappa shape index (κ3) is 7.16. The number of alkyl halides is 2. The number of hydrogen-bond donors (Lipinski definition) is 0. The molecule has 38 heavy (non-hydrogen) atoms. The van der Waals surface area contributed by atoms with Crippen LogP contribution in [-0.2, 0) is 13.1 Å². The maximum Gasteiger partial charge on any atom is 0.314 e. The minimum absolute atomic E-state index is 0.0198. The molecule has 1 aliphatic rings. The largest absolute Gasteiger partial charge is 0.415 e. The summed E-state index contributed by atoms with van der Waals surface area (Å²) < 4.78 is 46.1.